The highest BCUT2D eigenvalue weighted by molar-refractivity contribution is 4.92. The summed E-state index contributed by atoms with van der Waals surface area (Å²) in [6.07, 6.45) is 10.1. The van der Waals surface area contributed by atoms with E-state index in [1.807, 2.05) is 0 Å². The Morgan fingerprint density at radius 1 is 1.12 bits per heavy atom. The number of aliphatic hydroxyl groups excluding tert-OH is 1. The van der Waals surface area contributed by atoms with E-state index in [0.717, 1.165) is 19.4 Å². The summed E-state index contributed by atoms with van der Waals surface area (Å²) in [5.74, 6) is 0. The van der Waals surface area contributed by atoms with Gasteiger partial charge in [0.05, 0.1) is 18.8 Å². The van der Waals surface area contributed by atoms with Gasteiger partial charge in [0.25, 0.3) is 0 Å². The minimum Gasteiger partial charge on any atom is -0.394 e. The SMILES string of the molecule is OCC1(NC2CCCCCC2)CCCOC1. The van der Waals surface area contributed by atoms with Crippen molar-refractivity contribution in [2.75, 3.05) is 19.8 Å². The van der Waals surface area contributed by atoms with Crippen LogP contribution in [-0.4, -0.2) is 36.5 Å². The normalized spacial score (nSPS) is 33.6. The zero-order chi connectivity index (χ0) is 11.3. The lowest BCUT2D eigenvalue weighted by atomic mass is 9.91. The third-order valence-corrected chi connectivity index (χ3v) is 3.99. The molecule has 2 rings (SSSR count). The average Bonchev–Trinajstić information content (AvgIpc) is 2.59. The summed E-state index contributed by atoms with van der Waals surface area (Å²) in [7, 11) is 0. The van der Waals surface area contributed by atoms with Crippen LogP contribution in [0.2, 0.25) is 0 Å². The van der Waals surface area contributed by atoms with Gasteiger partial charge in [-0.2, -0.15) is 0 Å². The zero-order valence-corrected chi connectivity index (χ0v) is 10.2. The first kappa shape index (κ1) is 12.3. The molecule has 1 saturated carbocycles. The second-order valence-electron chi connectivity index (χ2n) is 5.43. The maximum atomic E-state index is 9.60. The third-order valence-electron chi connectivity index (χ3n) is 3.99. The van der Waals surface area contributed by atoms with Crippen LogP contribution in [0.4, 0.5) is 0 Å². The lowest BCUT2D eigenvalue weighted by Gasteiger charge is -2.39. The van der Waals surface area contributed by atoms with Gasteiger partial charge >= 0.3 is 0 Å². The van der Waals surface area contributed by atoms with E-state index >= 15 is 0 Å². The van der Waals surface area contributed by atoms with Gasteiger partial charge < -0.3 is 15.2 Å². The molecule has 1 unspecified atom stereocenters. The number of rotatable bonds is 3. The number of hydrogen-bond donors (Lipinski definition) is 2. The predicted octanol–water partition coefficient (Wildman–Crippen LogP) is 1.84. The van der Waals surface area contributed by atoms with Gasteiger partial charge in [-0.1, -0.05) is 25.7 Å². The molecule has 1 atom stereocenters. The Bertz CT molecular complexity index is 194. The summed E-state index contributed by atoms with van der Waals surface area (Å²) in [4.78, 5) is 0. The molecule has 1 heterocycles. The molecule has 0 aromatic heterocycles. The Morgan fingerprint density at radius 3 is 2.44 bits per heavy atom. The van der Waals surface area contributed by atoms with Gasteiger partial charge in [-0.3, -0.25) is 0 Å². The van der Waals surface area contributed by atoms with Crippen LogP contribution in [0.3, 0.4) is 0 Å². The first-order valence-electron chi connectivity index (χ1n) is 6.81. The molecule has 0 radical (unpaired) electrons. The van der Waals surface area contributed by atoms with Crippen molar-refractivity contribution in [3.8, 4) is 0 Å². The molecule has 0 spiro atoms. The van der Waals surface area contributed by atoms with Gasteiger partial charge in [0.15, 0.2) is 0 Å². The van der Waals surface area contributed by atoms with Crippen molar-refractivity contribution in [3.05, 3.63) is 0 Å². The van der Waals surface area contributed by atoms with Crippen molar-refractivity contribution < 1.29 is 9.84 Å². The summed E-state index contributed by atoms with van der Waals surface area (Å²) in [6.45, 7) is 1.75. The summed E-state index contributed by atoms with van der Waals surface area (Å²) in [5, 5.41) is 13.3. The van der Waals surface area contributed by atoms with Crippen LogP contribution in [0.15, 0.2) is 0 Å². The Morgan fingerprint density at radius 2 is 1.88 bits per heavy atom. The van der Waals surface area contributed by atoms with E-state index in [-0.39, 0.29) is 12.1 Å². The van der Waals surface area contributed by atoms with E-state index in [2.05, 4.69) is 5.32 Å². The van der Waals surface area contributed by atoms with Crippen LogP contribution in [-0.2, 0) is 4.74 Å². The van der Waals surface area contributed by atoms with Crippen LogP contribution in [0, 0.1) is 0 Å². The Labute approximate surface area is 98.6 Å². The molecule has 0 bridgehead atoms. The molecular weight excluding hydrogens is 202 g/mol. The molecule has 0 aromatic rings. The predicted molar refractivity (Wildman–Crippen MR) is 64.5 cm³/mol. The fraction of sp³-hybridized carbons (Fsp3) is 1.00. The van der Waals surface area contributed by atoms with Crippen molar-refractivity contribution in [1.82, 2.24) is 5.32 Å². The standard InChI is InChI=1S/C13H25NO2/c15-10-13(8-5-9-16-11-13)14-12-6-3-1-2-4-7-12/h12,14-15H,1-11H2. The Kier molecular flexibility index (Phi) is 4.62. The monoisotopic (exact) mass is 227 g/mol. The smallest absolute Gasteiger partial charge is 0.0670 e. The van der Waals surface area contributed by atoms with Crippen LogP contribution in [0.5, 0.6) is 0 Å². The zero-order valence-electron chi connectivity index (χ0n) is 10.2. The number of aliphatic hydroxyl groups is 1. The fourth-order valence-corrected chi connectivity index (χ4v) is 2.99. The van der Waals surface area contributed by atoms with E-state index in [4.69, 9.17) is 4.74 Å². The summed E-state index contributed by atoms with van der Waals surface area (Å²) >= 11 is 0. The topological polar surface area (TPSA) is 41.5 Å². The molecule has 1 aliphatic heterocycles. The van der Waals surface area contributed by atoms with Crippen LogP contribution < -0.4 is 5.32 Å². The van der Waals surface area contributed by atoms with Gasteiger partial charge in [0.2, 0.25) is 0 Å². The molecule has 0 amide bonds. The van der Waals surface area contributed by atoms with E-state index in [9.17, 15) is 5.11 Å². The molecule has 16 heavy (non-hydrogen) atoms. The summed E-state index contributed by atoms with van der Waals surface area (Å²) in [6, 6.07) is 0.594. The van der Waals surface area contributed by atoms with Crippen LogP contribution in [0.1, 0.15) is 51.4 Å². The Hall–Kier alpha value is -0.120. The summed E-state index contributed by atoms with van der Waals surface area (Å²) < 4.78 is 5.53. The second-order valence-corrected chi connectivity index (χ2v) is 5.43. The quantitative estimate of drug-likeness (QED) is 0.723. The van der Waals surface area contributed by atoms with Gasteiger partial charge in [-0.15, -0.1) is 0 Å². The van der Waals surface area contributed by atoms with Gasteiger partial charge in [0.1, 0.15) is 0 Å². The first-order valence-corrected chi connectivity index (χ1v) is 6.81. The fourth-order valence-electron chi connectivity index (χ4n) is 2.99. The van der Waals surface area contributed by atoms with E-state index in [0.29, 0.717) is 12.6 Å². The van der Waals surface area contributed by atoms with Crippen molar-refractivity contribution in [2.45, 2.75) is 62.9 Å². The second kappa shape index (κ2) is 5.99. The van der Waals surface area contributed by atoms with Gasteiger partial charge in [-0.25, -0.2) is 0 Å². The highest BCUT2D eigenvalue weighted by Gasteiger charge is 2.34. The lowest BCUT2D eigenvalue weighted by Crippen LogP contribution is -2.57. The van der Waals surface area contributed by atoms with Gasteiger partial charge in [-0.05, 0) is 25.7 Å². The molecule has 2 fully saturated rings. The highest BCUT2D eigenvalue weighted by Crippen LogP contribution is 2.24. The van der Waals surface area contributed by atoms with Crippen molar-refractivity contribution in [2.24, 2.45) is 0 Å². The largest absolute Gasteiger partial charge is 0.394 e. The molecule has 1 aliphatic carbocycles. The van der Waals surface area contributed by atoms with E-state index in [1.165, 1.54) is 38.5 Å². The van der Waals surface area contributed by atoms with Crippen LogP contribution in [0.25, 0.3) is 0 Å². The maximum absolute atomic E-state index is 9.60. The minimum atomic E-state index is -0.146. The summed E-state index contributed by atoms with van der Waals surface area (Å²) in [5.41, 5.74) is -0.146. The number of ether oxygens (including phenoxy) is 1. The minimum absolute atomic E-state index is 0.146. The van der Waals surface area contributed by atoms with Crippen molar-refractivity contribution in [1.29, 1.82) is 0 Å². The lowest BCUT2D eigenvalue weighted by molar-refractivity contribution is -0.0137. The maximum Gasteiger partial charge on any atom is 0.0670 e. The third kappa shape index (κ3) is 3.19. The van der Waals surface area contributed by atoms with Gasteiger partial charge in [0, 0.05) is 12.6 Å². The van der Waals surface area contributed by atoms with E-state index < -0.39 is 0 Å². The molecule has 0 aromatic carbocycles. The molecule has 2 N–H and O–H groups in total. The Balaban J connectivity index is 1.88. The number of hydrogen-bond acceptors (Lipinski definition) is 3. The van der Waals surface area contributed by atoms with Crippen molar-refractivity contribution in [3.63, 3.8) is 0 Å². The molecule has 94 valence electrons. The number of nitrogens with one attached hydrogen (secondary N) is 1. The molecule has 3 heteroatoms. The molecule has 2 aliphatic rings. The van der Waals surface area contributed by atoms with E-state index in [1.54, 1.807) is 0 Å². The molecular formula is C13H25NO2. The molecule has 1 saturated heterocycles. The first-order chi connectivity index (χ1) is 7.85. The highest BCUT2D eigenvalue weighted by atomic mass is 16.5. The average molecular weight is 227 g/mol. The van der Waals surface area contributed by atoms with Crippen LogP contribution >= 0.6 is 0 Å². The molecule has 3 nitrogen and oxygen atoms in total. The van der Waals surface area contributed by atoms with Crippen molar-refractivity contribution >= 4 is 0 Å².